The zero-order valence-electron chi connectivity index (χ0n) is 12.4. The summed E-state index contributed by atoms with van der Waals surface area (Å²) < 4.78 is 26.3. The summed E-state index contributed by atoms with van der Waals surface area (Å²) >= 11 is 0. The third-order valence-corrected chi connectivity index (χ3v) is 5.86. The summed E-state index contributed by atoms with van der Waals surface area (Å²) in [5.74, 6) is 0. The fraction of sp³-hybridized carbons (Fsp3) is 0.467. The summed E-state index contributed by atoms with van der Waals surface area (Å²) in [7, 11) is 0.195. The highest BCUT2D eigenvalue weighted by molar-refractivity contribution is 7.89. The van der Waals surface area contributed by atoms with Gasteiger partial charge in [0.15, 0.2) is 0 Å². The molecule has 1 aromatic carbocycles. The molecular weight excluding hydrogens is 286 g/mol. The molecule has 0 radical (unpaired) electrons. The number of benzene rings is 1. The average Bonchev–Trinajstić information content (AvgIpc) is 3.06. The van der Waals surface area contributed by atoms with Gasteiger partial charge >= 0.3 is 0 Å². The molecule has 2 aromatic rings. The molecule has 0 amide bonds. The molecule has 5 nitrogen and oxygen atoms in total. The summed E-state index contributed by atoms with van der Waals surface area (Å²) in [5.41, 5.74) is 2.18. The van der Waals surface area contributed by atoms with Gasteiger partial charge in [-0.05, 0) is 63.7 Å². The minimum absolute atomic E-state index is 0.318. The van der Waals surface area contributed by atoms with Crippen molar-refractivity contribution in [3.05, 3.63) is 30.0 Å². The minimum Gasteiger partial charge on any atom is -0.361 e. The summed E-state index contributed by atoms with van der Waals surface area (Å²) in [6, 6.07) is 5.79. The molecule has 0 spiro atoms. The molecule has 1 atom stereocenters. The van der Waals surface area contributed by atoms with Crippen LogP contribution >= 0.6 is 0 Å². The van der Waals surface area contributed by atoms with Crippen molar-refractivity contribution in [1.82, 2.24) is 14.6 Å². The van der Waals surface area contributed by atoms with Gasteiger partial charge in [0, 0.05) is 23.1 Å². The molecule has 0 unspecified atom stereocenters. The van der Waals surface area contributed by atoms with Crippen LogP contribution in [0.2, 0.25) is 0 Å². The second-order valence-electron chi connectivity index (χ2n) is 5.71. The normalized spacial score (nSPS) is 20.4. The van der Waals surface area contributed by atoms with Gasteiger partial charge in [0.2, 0.25) is 10.0 Å². The molecule has 0 aliphatic carbocycles. The number of likely N-dealkylation sites (N-methyl/N-ethyl adjacent to an activating group) is 1. The monoisotopic (exact) mass is 307 g/mol. The van der Waals surface area contributed by atoms with Crippen LogP contribution in [0.25, 0.3) is 10.9 Å². The van der Waals surface area contributed by atoms with E-state index >= 15 is 0 Å². The number of hydrogen-bond acceptors (Lipinski definition) is 3. The van der Waals surface area contributed by atoms with E-state index in [2.05, 4.69) is 21.7 Å². The summed E-state index contributed by atoms with van der Waals surface area (Å²) in [6.45, 7) is 1.15. The predicted molar refractivity (Wildman–Crippen MR) is 83.9 cm³/mol. The Bertz CT molecular complexity index is 751. The summed E-state index contributed by atoms with van der Waals surface area (Å²) in [6.07, 6.45) is 5.41. The van der Waals surface area contributed by atoms with Crippen LogP contribution in [0.4, 0.5) is 0 Å². The molecule has 0 saturated carbocycles. The van der Waals surface area contributed by atoms with Crippen LogP contribution in [0.1, 0.15) is 18.4 Å². The number of H-pyrrole nitrogens is 1. The Balaban J connectivity index is 1.98. The molecule has 1 saturated heterocycles. The lowest BCUT2D eigenvalue weighted by molar-refractivity contribution is 0.310. The molecule has 6 heteroatoms. The molecule has 1 fully saturated rings. The fourth-order valence-corrected chi connectivity index (χ4v) is 3.86. The highest BCUT2D eigenvalue weighted by Gasteiger charge is 2.22. The molecule has 0 bridgehead atoms. The number of nitrogens with zero attached hydrogens (tertiary/aromatic N) is 1. The second-order valence-corrected chi connectivity index (χ2v) is 7.60. The maximum Gasteiger partial charge on any atom is 0.240 e. The summed E-state index contributed by atoms with van der Waals surface area (Å²) in [4.78, 5) is 5.94. The standard InChI is InChI=1S/C15H21N3O2S/c1-16-21(19,20)13-5-6-15-14(9-13)11(10-17-15)8-12-4-3-7-18(12)2/h5-6,9-10,12,16-17H,3-4,7-8H2,1-2H3/t12-/m1/s1. The topological polar surface area (TPSA) is 65.2 Å². The van der Waals surface area contributed by atoms with E-state index in [9.17, 15) is 8.42 Å². The van der Waals surface area contributed by atoms with E-state index in [1.807, 2.05) is 12.3 Å². The van der Waals surface area contributed by atoms with Crippen LogP contribution in [0.3, 0.4) is 0 Å². The lowest BCUT2D eigenvalue weighted by Gasteiger charge is -2.18. The van der Waals surface area contributed by atoms with E-state index in [4.69, 9.17) is 0 Å². The number of fused-ring (bicyclic) bond motifs is 1. The van der Waals surface area contributed by atoms with E-state index in [1.165, 1.54) is 25.5 Å². The fourth-order valence-electron chi connectivity index (χ4n) is 3.10. The molecule has 2 heterocycles. The Morgan fingerprint density at radius 1 is 1.43 bits per heavy atom. The highest BCUT2D eigenvalue weighted by atomic mass is 32.2. The maximum atomic E-state index is 11.9. The smallest absolute Gasteiger partial charge is 0.240 e. The lowest BCUT2D eigenvalue weighted by Crippen LogP contribution is -2.26. The Labute approximate surface area is 125 Å². The van der Waals surface area contributed by atoms with Crippen molar-refractivity contribution < 1.29 is 8.42 Å². The maximum absolute atomic E-state index is 11.9. The Morgan fingerprint density at radius 2 is 2.24 bits per heavy atom. The van der Waals surface area contributed by atoms with Crippen molar-refractivity contribution in [2.24, 2.45) is 0 Å². The first-order chi connectivity index (χ1) is 10.0. The highest BCUT2D eigenvalue weighted by Crippen LogP contribution is 2.26. The molecular formula is C15H21N3O2S. The Hall–Kier alpha value is -1.37. The second kappa shape index (κ2) is 5.44. The van der Waals surface area contributed by atoms with Crippen molar-refractivity contribution in [3.8, 4) is 0 Å². The number of aromatic amines is 1. The minimum atomic E-state index is -3.40. The van der Waals surface area contributed by atoms with Crippen molar-refractivity contribution in [1.29, 1.82) is 0 Å². The average molecular weight is 307 g/mol. The van der Waals surface area contributed by atoms with Crippen LogP contribution in [-0.4, -0.2) is 45.0 Å². The van der Waals surface area contributed by atoms with Gasteiger partial charge in [-0.3, -0.25) is 0 Å². The van der Waals surface area contributed by atoms with Crippen LogP contribution in [-0.2, 0) is 16.4 Å². The van der Waals surface area contributed by atoms with Crippen molar-refractivity contribution >= 4 is 20.9 Å². The van der Waals surface area contributed by atoms with E-state index in [1.54, 1.807) is 12.1 Å². The van der Waals surface area contributed by atoms with E-state index in [0.29, 0.717) is 10.9 Å². The van der Waals surface area contributed by atoms with Gasteiger partial charge in [0.1, 0.15) is 0 Å². The van der Waals surface area contributed by atoms with Gasteiger partial charge in [0.05, 0.1) is 4.90 Å². The van der Waals surface area contributed by atoms with Crippen LogP contribution in [0.5, 0.6) is 0 Å². The number of aromatic nitrogens is 1. The Kier molecular flexibility index (Phi) is 3.77. The van der Waals surface area contributed by atoms with Crippen molar-refractivity contribution in [3.63, 3.8) is 0 Å². The van der Waals surface area contributed by atoms with Gasteiger partial charge in [-0.25, -0.2) is 13.1 Å². The third kappa shape index (κ3) is 2.71. The van der Waals surface area contributed by atoms with Crippen molar-refractivity contribution in [2.75, 3.05) is 20.6 Å². The van der Waals surface area contributed by atoms with Crippen LogP contribution in [0.15, 0.2) is 29.3 Å². The molecule has 1 aliphatic rings. The van der Waals surface area contributed by atoms with E-state index in [-0.39, 0.29) is 0 Å². The first kappa shape index (κ1) is 14.6. The molecule has 2 N–H and O–H groups in total. The largest absolute Gasteiger partial charge is 0.361 e. The molecule has 3 rings (SSSR count). The number of rotatable bonds is 4. The third-order valence-electron chi connectivity index (χ3n) is 4.44. The predicted octanol–water partition coefficient (Wildman–Crippen LogP) is 1.71. The first-order valence-corrected chi connectivity index (χ1v) is 8.73. The molecule has 1 aliphatic heterocycles. The quantitative estimate of drug-likeness (QED) is 0.904. The van der Waals surface area contributed by atoms with Gasteiger partial charge in [-0.2, -0.15) is 0 Å². The molecule has 1 aromatic heterocycles. The number of likely N-dealkylation sites (tertiary alicyclic amines) is 1. The molecule has 114 valence electrons. The SMILES string of the molecule is CNS(=O)(=O)c1ccc2[nH]cc(C[C@H]3CCCN3C)c2c1. The van der Waals surface area contributed by atoms with Crippen LogP contribution in [0, 0.1) is 0 Å². The number of hydrogen-bond donors (Lipinski definition) is 2. The molecule has 21 heavy (non-hydrogen) atoms. The van der Waals surface area contributed by atoms with E-state index < -0.39 is 10.0 Å². The Morgan fingerprint density at radius 3 is 2.90 bits per heavy atom. The van der Waals surface area contributed by atoms with Crippen molar-refractivity contribution in [2.45, 2.75) is 30.2 Å². The number of nitrogens with one attached hydrogen (secondary N) is 2. The van der Waals surface area contributed by atoms with Gasteiger partial charge < -0.3 is 9.88 Å². The lowest BCUT2D eigenvalue weighted by atomic mass is 10.0. The first-order valence-electron chi connectivity index (χ1n) is 7.25. The van der Waals surface area contributed by atoms with Gasteiger partial charge in [0.25, 0.3) is 0 Å². The zero-order valence-corrected chi connectivity index (χ0v) is 13.2. The van der Waals surface area contributed by atoms with E-state index in [0.717, 1.165) is 23.9 Å². The number of sulfonamides is 1. The van der Waals surface area contributed by atoms with Crippen LogP contribution < -0.4 is 4.72 Å². The zero-order chi connectivity index (χ0) is 15.0. The van der Waals surface area contributed by atoms with Gasteiger partial charge in [-0.15, -0.1) is 0 Å². The van der Waals surface area contributed by atoms with Gasteiger partial charge in [-0.1, -0.05) is 0 Å². The summed E-state index contributed by atoms with van der Waals surface area (Å²) in [5, 5.41) is 1.01.